The first-order valence-corrected chi connectivity index (χ1v) is 7.88. The van der Waals surface area contributed by atoms with Crippen LogP contribution in [0.25, 0.3) is 11.1 Å². The molecule has 23 heavy (non-hydrogen) atoms. The molecule has 118 valence electrons. The van der Waals surface area contributed by atoms with Gasteiger partial charge in [0.05, 0.1) is 17.1 Å². The minimum atomic E-state index is -0.124. The van der Waals surface area contributed by atoms with E-state index in [1.54, 1.807) is 0 Å². The number of anilines is 4. The molecule has 2 aromatic carbocycles. The molecule has 0 bridgehead atoms. The lowest BCUT2D eigenvalue weighted by Gasteiger charge is -2.33. The molecule has 2 aliphatic carbocycles. The zero-order valence-electron chi connectivity index (χ0n) is 13.5. The van der Waals surface area contributed by atoms with E-state index in [0.717, 1.165) is 23.1 Å². The molecule has 0 heterocycles. The maximum atomic E-state index is 6.38. The lowest BCUT2D eigenvalue weighted by atomic mass is 9.70. The number of hydrogen-bond acceptors (Lipinski definition) is 4. The van der Waals surface area contributed by atoms with Crippen molar-refractivity contribution >= 4 is 22.7 Å². The van der Waals surface area contributed by atoms with E-state index in [1.165, 1.54) is 11.1 Å². The Kier molecular flexibility index (Phi) is 2.33. The maximum absolute atomic E-state index is 6.38. The third-order valence-corrected chi connectivity index (χ3v) is 6.19. The molecule has 2 unspecified atom stereocenters. The van der Waals surface area contributed by atoms with Gasteiger partial charge < -0.3 is 22.9 Å². The van der Waals surface area contributed by atoms with E-state index in [-0.39, 0.29) is 10.8 Å². The summed E-state index contributed by atoms with van der Waals surface area (Å²) in [5.74, 6) is 0. The number of fused-ring (bicyclic) bond motifs is 6. The van der Waals surface area contributed by atoms with Crippen molar-refractivity contribution in [1.29, 1.82) is 0 Å². The minimum absolute atomic E-state index is 0.104. The molecular weight excluding hydrogens is 284 g/mol. The molecule has 2 aromatic rings. The molecular formula is C19H22N4. The monoisotopic (exact) mass is 306 g/mol. The standard InChI is InChI=1S/C19H22N4/c1-4-19-9(2)18(19,3)12-6-5-10(20)7-11(12)15-13(19)8-14(21)16(22)17(15)23/h5-8H,2,4,20-23H2,1,3H3. The van der Waals surface area contributed by atoms with Gasteiger partial charge in [-0.25, -0.2) is 0 Å². The van der Waals surface area contributed by atoms with Crippen LogP contribution < -0.4 is 22.9 Å². The van der Waals surface area contributed by atoms with Gasteiger partial charge >= 0.3 is 0 Å². The number of benzene rings is 2. The molecule has 8 N–H and O–H groups in total. The lowest BCUT2D eigenvalue weighted by molar-refractivity contribution is 0.549. The molecule has 2 aliphatic rings. The lowest BCUT2D eigenvalue weighted by Crippen LogP contribution is -2.26. The third kappa shape index (κ3) is 1.25. The minimum Gasteiger partial charge on any atom is -0.399 e. The second-order valence-corrected chi connectivity index (χ2v) is 6.88. The van der Waals surface area contributed by atoms with E-state index in [2.05, 4.69) is 26.5 Å². The fourth-order valence-corrected chi connectivity index (χ4v) is 4.83. The Hall–Kier alpha value is -2.62. The van der Waals surface area contributed by atoms with Crippen LogP contribution in [0.1, 0.15) is 31.4 Å². The Balaban J connectivity index is 2.21. The van der Waals surface area contributed by atoms with Crippen molar-refractivity contribution in [1.82, 2.24) is 0 Å². The highest BCUT2D eigenvalue weighted by atomic mass is 14.8. The van der Waals surface area contributed by atoms with Crippen molar-refractivity contribution in [3.63, 3.8) is 0 Å². The van der Waals surface area contributed by atoms with Gasteiger partial charge in [-0.05, 0) is 41.3 Å². The third-order valence-electron chi connectivity index (χ3n) is 6.19. The number of nitrogens with two attached hydrogens (primary N) is 4. The summed E-state index contributed by atoms with van der Waals surface area (Å²) < 4.78 is 0. The largest absolute Gasteiger partial charge is 0.399 e. The van der Waals surface area contributed by atoms with Crippen molar-refractivity contribution in [2.24, 2.45) is 0 Å². The van der Waals surface area contributed by atoms with Crippen LogP contribution in [0.4, 0.5) is 22.7 Å². The van der Waals surface area contributed by atoms with Gasteiger partial charge in [0, 0.05) is 22.1 Å². The van der Waals surface area contributed by atoms with Gasteiger partial charge in [-0.3, -0.25) is 0 Å². The van der Waals surface area contributed by atoms with Crippen LogP contribution in [0.3, 0.4) is 0 Å². The predicted molar refractivity (Wildman–Crippen MR) is 98.0 cm³/mol. The molecule has 0 aliphatic heterocycles. The van der Waals surface area contributed by atoms with Gasteiger partial charge in [0.25, 0.3) is 0 Å². The number of allylic oxidation sites excluding steroid dienone is 1. The summed E-state index contributed by atoms with van der Waals surface area (Å²) in [4.78, 5) is 0. The topological polar surface area (TPSA) is 104 Å². The second-order valence-electron chi connectivity index (χ2n) is 6.88. The van der Waals surface area contributed by atoms with Crippen LogP contribution in [-0.4, -0.2) is 0 Å². The Bertz CT molecular complexity index is 899. The van der Waals surface area contributed by atoms with Crippen molar-refractivity contribution in [2.75, 3.05) is 22.9 Å². The first kappa shape index (κ1) is 14.0. The van der Waals surface area contributed by atoms with E-state index >= 15 is 0 Å². The van der Waals surface area contributed by atoms with Crippen molar-refractivity contribution in [3.05, 3.63) is 47.5 Å². The van der Waals surface area contributed by atoms with Gasteiger partial charge in [-0.15, -0.1) is 0 Å². The number of rotatable bonds is 1. The fourth-order valence-electron chi connectivity index (χ4n) is 4.83. The van der Waals surface area contributed by atoms with Crippen molar-refractivity contribution in [3.8, 4) is 11.1 Å². The number of nitrogen functional groups attached to an aromatic ring is 4. The highest BCUT2D eigenvalue weighted by Gasteiger charge is 2.71. The highest BCUT2D eigenvalue weighted by Crippen LogP contribution is 2.76. The smallest absolute Gasteiger partial charge is 0.0787 e. The second kappa shape index (κ2) is 3.82. The van der Waals surface area contributed by atoms with Gasteiger partial charge in [-0.2, -0.15) is 0 Å². The Labute approximate surface area is 136 Å². The average Bonchev–Trinajstić information content (AvgIpc) is 3.02. The normalized spacial score (nSPS) is 27.1. The van der Waals surface area contributed by atoms with Crippen LogP contribution in [0.5, 0.6) is 0 Å². The Morgan fingerprint density at radius 2 is 1.70 bits per heavy atom. The molecule has 0 radical (unpaired) electrons. The molecule has 4 nitrogen and oxygen atoms in total. The molecule has 0 spiro atoms. The molecule has 0 amide bonds. The van der Waals surface area contributed by atoms with Gasteiger partial charge in [-0.1, -0.05) is 32.1 Å². The molecule has 2 atom stereocenters. The fraction of sp³-hybridized carbons (Fsp3) is 0.263. The van der Waals surface area contributed by atoms with Crippen LogP contribution in [-0.2, 0) is 10.8 Å². The summed E-state index contributed by atoms with van der Waals surface area (Å²) in [6, 6.07) is 8.00. The van der Waals surface area contributed by atoms with E-state index < -0.39 is 0 Å². The Morgan fingerprint density at radius 3 is 2.35 bits per heavy atom. The van der Waals surface area contributed by atoms with Crippen LogP contribution >= 0.6 is 0 Å². The van der Waals surface area contributed by atoms with Gasteiger partial charge in [0.2, 0.25) is 0 Å². The Morgan fingerprint density at radius 1 is 1.00 bits per heavy atom. The quantitative estimate of drug-likeness (QED) is 0.480. The highest BCUT2D eigenvalue weighted by molar-refractivity contribution is 6.00. The van der Waals surface area contributed by atoms with E-state index in [9.17, 15) is 0 Å². The molecule has 1 saturated carbocycles. The summed E-state index contributed by atoms with van der Waals surface area (Å²) in [6.45, 7) is 8.82. The van der Waals surface area contributed by atoms with Crippen LogP contribution in [0, 0.1) is 0 Å². The summed E-state index contributed by atoms with van der Waals surface area (Å²) in [6.07, 6.45) is 0.946. The molecule has 0 saturated heterocycles. The zero-order chi connectivity index (χ0) is 16.7. The van der Waals surface area contributed by atoms with Crippen molar-refractivity contribution < 1.29 is 0 Å². The zero-order valence-corrected chi connectivity index (χ0v) is 13.5. The summed E-state index contributed by atoms with van der Waals surface area (Å²) in [5.41, 5.74) is 32.2. The predicted octanol–water partition coefficient (Wildman–Crippen LogP) is 3.17. The summed E-state index contributed by atoms with van der Waals surface area (Å²) in [7, 11) is 0. The van der Waals surface area contributed by atoms with E-state index in [1.807, 2.05) is 18.2 Å². The van der Waals surface area contributed by atoms with Crippen LogP contribution in [0.2, 0.25) is 0 Å². The maximum Gasteiger partial charge on any atom is 0.0787 e. The summed E-state index contributed by atoms with van der Waals surface area (Å²) in [5, 5.41) is 0. The SMILES string of the molecule is C=C1C2(C)c3ccc(N)cc3-c3c(cc(N)c(N)c3N)C12CC. The average molecular weight is 306 g/mol. The molecule has 4 heteroatoms. The van der Waals surface area contributed by atoms with Gasteiger partial charge in [0.1, 0.15) is 0 Å². The molecule has 0 aromatic heterocycles. The molecule has 1 fully saturated rings. The van der Waals surface area contributed by atoms with E-state index in [4.69, 9.17) is 22.9 Å². The van der Waals surface area contributed by atoms with Gasteiger partial charge in [0.15, 0.2) is 0 Å². The van der Waals surface area contributed by atoms with E-state index in [0.29, 0.717) is 22.7 Å². The van der Waals surface area contributed by atoms with Crippen molar-refractivity contribution in [2.45, 2.75) is 31.1 Å². The molecule has 4 rings (SSSR count). The number of hydrogen-bond donors (Lipinski definition) is 4. The summed E-state index contributed by atoms with van der Waals surface area (Å²) >= 11 is 0. The first-order valence-electron chi connectivity index (χ1n) is 7.88. The first-order chi connectivity index (χ1) is 10.8. The van der Waals surface area contributed by atoms with Crippen LogP contribution in [0.15, 0.2) is 36.4 Å².